The summed E-state index contributed by atoms with van der Waals surface area (Å²) in [5, 5.41) is 3.67. The molecule has 0 radical (unpaired) electrons. The maximum absolute atomic E-state index is 13.3. The summed E-state index contributed by atoms with van der Waals surface area (Å²) in [7, 11) is 0. The smallest absolute Gasteiger partial charge is 0.123 e. The van der Waals surface area contributed by atoms with Gasteiger partial charge in [-0.3, -0.25) is 0 Å². The number of nitrogens with one attached hydrogen (secondary N) is 1. The lowest BCUT2D eigenvalue weighted by Crippen LogP contribution is -2.37. The van der Waals surface area contributed by atoms with Crippen molar-refractivity contribution in [1.29, 1.82) is 0 Å². The Bertz CT molecular complexity index is 427. The third-order valence-electron chi connectivity index (χ3n) is 4.79. The van der Waals surface area contributed by atoms with Gasteiger partial charge in [0.05, 0.1) is 0 Å². The van der Waals surface area contributed by atoms with Crippen LogP contribution in [0.1, 0.15) is 65.0 Å². The zero-order chi connectivity index (χ0) is 14.8. The summed E-state index contributed by atoms with van der Waals surface area (Å²) in [6.45, 7) is 9.17. The second kappa shape index (κ2) is 6.26. The van der Waals surface area contributed by atoms with Gasteiger partial charge in [-0.15, -0.1) is 0 Å². The molecule has 1 aliphatic rings. The Morgan fingerprint density at radius 2 is 1.80 bits per heavy atom. The molecule has 0 aliphatic heterocycles. The minimum absolute atomic E-state index is 0.146. The lowest BCUT2D eigenvalue weighted by molar-refractivity contribution is 0.157. The second-order valence-electron chi connectivity index (χ2n) is 7.36. The SMILES string of the molecule is C[C@H](NC1CCC(C(C)(C)C)CC1)c1cccc(F)c1. The lowest BCUT2D eigenvalue weighted by atomic mass is 9.71. The normalized spacial score (nSPS) is 25.4. The van der Waals surface area contributed by atoms with Gasteiger partial charge < -0.3 is 5.32 Å². The molecule has 1 fully saturated rings. The monoisotopic (exact) mass is 277 g/mol. The van der Waals surface area contributed by atoms with Gasteiger partial charge >= 0.3 is 0 Å². The molecule has 0 unspecified atom stereocenters. The van der Waals surface area contributed by atoms with Crippen molar-refractivity contribution in [3.63, 3.8) is 0 Å². The van der Waals surface area contributed by atoms with Crippen molar-refractivity contribution in [3.8, 4) is 0 Å². The van der Waals surface area contributed by atoms with Gasteiger partial charge in [-0.25, -0.2) is 4.39 Å². The van der Waals surface area contributed by atoms with E-state index in [0.29, 0.717) is 11.5 Å². The van der Waals surface area contributed by atoms with Crippen molar-refractivity contribution in [3.05, 3.63) is 35.6 Å². The van der Waals surface area contributed by atoms with Crippen molar-refractivity contribution in [1.82, 2.24) is 5.32 Å². The van der Waals surface area contributed by atoms with Crippen LogP contribution >= 0.6 is 0 Å². The summed E-state index contributed by atoms with van der Waals surface area (Å²) in [6.07, 6.45) is 5.08. The van der Waals surface area contributed by atoms with Crippen LogP contribution in [0.5, 0.6) is 0 Å². The molecule has 1 aromatic carbocycles. The molecule has 20 heavy (non-hydrogen) atoms. The van der Waals surface area contributed by atoms with Gasteiger partial charge in [-0.1, -0.05) is 32.9 Å². The molecule has 1 nitrogen and oxygen atoms in total. The zero-order valence-electron chi connectivity index (χ0n) is 13.2. The van der Waals surface area contributed by atoms with Crippen LogP contribution in [0.15, 0.2) is 24.3 Å². The summed E-state index contributed by atoms with van der Waals surface area (Å²) in [4.78, 5) is 0. The molecule has 0 amide bonds. The summed E-state index contributed by atoms with van der Waals surface area (Å²) in [5.74, 6) is 0.692. The van der Waals surface area contributed by atoms with Crippen molar-refractivity contribution >= 4 is 0 Å². The van der Waals surface area contributed by atoms with E-state index in [1.54, 1.807) is 12.1 Å². The van der Waals surface area contributed by atoms with E-state index in [2.05, 4.69) is 33.0 Å². The summed E-state index contributed by atoms with van der Waals surface area (Å²) in [6, 6.07) is 7.73. The Labute approximate surface area is 123 Å². The summed E-state index contributed by atoms with van der Waals surface area (Å²) < 4.78 is 13.3. The highest BCUT2D eigenvalue weighted by Gasteiger charge is 2.30. The quantitative estimate of drug-likeness (QED) is 0.812. The van der Waals surface area contributed by atoms with Crippen LogP contribution in [-0.4, -0.2) is 6.04 Å². The number of hydrogen-bond donors (Lipinski definition) is 1. The fourth-order valence-corrected chi connectivity index (χ4v) is 3.35. The molecule has 2 rings (SSSR count). The third-order valence-corrected chi connectivity index (χ3v) is 4.79. The van der Waals surface area contributed by atoms with Gasteiger partial charge in [-0.05, 0) is 61.6 Å². The average Bonchev–Trinajstić information content (AvgIpc) is 2.38. The Balaban J connectivity index is 1.86. The first-order valence-electron chi connectivity index (χ1n) is 7.88. The highest BCUT2D eigenvalue weighted by molar-refractivity contribution is 5.19. The van der Waals surface area contributed by atoms with Gasteiger partial charge in [0.2, 0.25) is 0 Å². The van der Waals surface area contributed by atoms with Gasteiger partial charge in [0.15, 0.2) is 0 Å². The maximum atomic E-state index is 13.3. The first-order valence-corrected chi connectivity index (χ1v) is 7.88. The predicted molar refractivity (Wildman–Crippen MR) is 83.2 cm³/mol. The summed E-state index contributed by atoms with van der Waals surface area (Å²) in [5.41, 5.74) is 1.47. The minimum Gasteiger partial charge on any atom is -0.307 e. The van der Waals surface area contributed by atoms with Crippen LogP contribution in [0.4, 0.5) is 4.39 Å². The molecule has 1 aliphatic carbocycles. The minimum atomic E-state index is -0.146. The first-order chi connectivity index (χ1) is 9.36. The van der Waals surface area contributed by atoms with Gasteiger partial charge in [-0.2, -0.15) is 0 Å². The number of hydrogen-bond acceptors (Lipinski definition) is 1. The summed E-state index contributed by atoms with van der Waals surface area (Å²) >= 11 is 0. The van der Waals surface area contributed by atoms with Gasteiger partial charge in [0.1, 0.15) is 5.82 Å². The fourth-order valence-electron chi connectivity index (χ4n) is 3.35. The van der Waals surface area contributed by atoms with Crippen LogP contribution in [0.25, 0.3) is 0 Å². The van der Waals surface area contributed by atoms with Crippen molar-refractivity contribution < 1.29 is 4.39 Å². The largest absolute Gasteiger partial charge is 0.307 e. The van der Waals surface area contributed by atoms with Gasteiger partial charge in [0.25, 0.3) is 0 Å². The average molecular weight is 277 g/mol. The zero-order valence-corrected chi connectivity index (χ0v) is 13.2. The molecule has 0 bridgehead atoms. The van der Waals surface area contributed by atoms with E-state index in [0.717, 1.165) is 11.5 Å². The topological polar surface area (TPSA) is 12.0 Å². The van der Waals surface area contributed by atoms with E-state index in [1.165, 1.54) is 31.7 Å². The Morgan fingerprint density at radius 3 is 2.35 bits per heavy atom. The van der Waals surface area contributed by atoms with E-state index in [9.17, 15) is 4.39 Å². The Kier molecular flexibility index (Phi) is 4.85. The number of benzene rings is 1. The highest BCUT2D eigenvalue weighted by Crippen LogP contribution is 2.38. The molecular weight excluding hydrogens is 249 g/mol. The van der Waals surface area contributed by atoms with E-state index < -0.39 is 0 Å². The molecule has 1 atom stereocenters. The lowest BCUT2D eigenvalue weighted by Gasteiger charge is -2.38. The van der Waals surface area contributed by atoms with E-state index in [4.69, 9.17) is 0 Å². The van der Waals surface area contributed by atoms with E-state index in [-0.39, 0.29) is 11.9 Å². The van der Waals surface area contributed by atoms with Crippen molar-refractivity contribution in [2.75, 3.05) is 0 Å². The molecule has 0 heterocycles. The fraction of sp³-hybridized carbons (Fsp3) is 0.667. The number of halogens is 1. The predicted octanol–water partition coefficient (Wildman–Crippen LogP) is 5.08. The van der Waals surface area contributed by atoms with Crippen molar-refractivity contribution in [2.45, 2.75) is 65.5 Å². The molecule has 1 aromatic rings. The molecular formula is C18H28FN. The van der Waals surface area contributed by atoms with E-state index in [1.807, 2.05) is 6.07 Å². The molecule has 0 spiro atoms. The van der Waals surface area contributed by atoms with Crippen molar-refractivity contribution in [2.24, 2.45) is 11.3 Å². The maximum Gasteiger partial charge on any atom is 0.123 e. The Morgan fingerprint density at radius 1 is 1.15 bits per heavy atom. The van der Waals surface area contributed by atoms with Crippen LogP contribution < -0.4 is 5.32 Å². The second-order valence-corrected chi connectivity index (χ2v) is 7.36. The molecule has 0 saturated heterocycles. The van der Waals surface area contributed by atoms with Gasteiger partial charge in [0, 0.05) is 12.1 Å². The molecule has 1 saturated carbocycles. The van der Waals surface area contributed by atoms with Crippen LogP contribution in [0, 0.1) is 17.2 Å². The van der Waals surface area contributed by atoms with Crippen LogP contribution in [0.2, 0.25) is 0 Å². The standard InChI is InChI=1S/C18H28FN/c1-13(14-6-5-7-16(19)12-14)20-17-10-8-15(9-11-17)18(2,3)4/h5-7,12-13,15,17,20H,8-11H2,1-4H3/t13-,15?,17?/m0/s1. The third kappa shape index (κ3) is 4.05. The highest BCUT2D eigenvalue weighted by atomic mass is 19.1. The molecule has 2 heteroatoms. The Hall–Kier alpha value is -0.890. The van der Waals surface area contributed by atoms with E-state index >= 15 is 0 Å². The number of rotatable bonds is 3. The molecule has 1 N–H and O–H groups in total. The van der Waals surface area contributed by atoms with Crippen LogP contribution in [0.3, 0.4) is 0 Å². The molecule has 0 aromatic heterocycles. The van der Waals surface area contributed by atoms with Crippen LogP contribution in [-0.2, 0) is 0 Å². The molecule has 112 valence electrons. The first kappa shape index (κ1) is 15.5.